The Balaban J connectivity index is 2.16. The maximum atomic E-state index is 12.9. The molecular weight excluding hydrogens is 358 g/mol. The Labute approximate surface area is 167 Å². The van der Waals surface area contributed by atoms with E-state index in [0.29, 0.717) is 12.5 Å². The number of carbonyl (C=O) groups is 2. The van der Waals surface area contributed by atoms with Crippen LogP contribution in [0.3, 0.4) is 0 Å². The quantitative estimate of drug-likeness (QED) is 0.514. The summed E-state index contributed by atoms with van der Waals surface area (Å²) in [7, 11) is 0. The lowest BCUT2D eigenvalue weighted by atomic mass is 9.98. The Morgan fingerprint density at radius 2 is 1.89 bits per heavy atom. The molecule has 1 amide bonds. The second-order valence-electron chi connectivity index (χ2n) is 7.75. The van der Waals surface area contributed by atoms with Crippen LogP contribution in [0.25, 0.3) is 0 Å². The van der Waals surface area contributed by atoms with Gasteiger partial charge in [0.05, 0.1) is 18.8 Å². The lowest BCUT2D eigenvalue weighted by Gasteiger charge is -2.33. The van der Waals surface area contributed by atoms with Gasteiger partial charge in [0.15, 0.2) is 0 Å². The summed E-state index contributed by atoms with van der Waals surface area (Å²) in [6, 6.07) is 9.32. The summed E-state index contributed by atoms with van der Waals surface area (Å²) in [5.41, 5.74) is 0.0738. The van der Waals surface area contributed by atoms with Gasteiger partial charge in [-0.25, -0.2) is 9.59 Å². The van der Waals surface area contributed by atoms with E-state index >= 15 is 0 Å². The summed E-state index contributed by atoms with van der Waals surface area (Å²) in [4.78, 5) is 26.3. The predicted molar refractivity (Wildman–Crippen MR) is 106 cm³/mol. The molecule has 6 heteroatoms. The summed E-state index contributed by atoms with van der Waals surface area (Å²) < 4.78 is 16.6. The molecule has 1 aromatic rings. The number of benzene rings is 1. The Morgan fingerprint density at radius 3 is 2.50 bits per heavy atom. The second kappa shape index (κ2) is 9.73. The van der Waals surface area contributed by atoms with Gasteiger partial charge in [-0.1, -0.05) is 44.2 Å². The van der Waals surface area contributed by atoms with Gasteiger partial charge in [0, 0.05) is 6.08 Å². The molecule has 2 rings (SSSR count). The van der Waals surface area contributed by atoms with E-state index in [1.165, 1.54) is 6.08 Å². The van der Waals surface area contributed by atoms with E-state index in [0.717, 1.165) is 12.0 Å². The Kier molecular flexibility index (Phi) is 7.63. The third-order valence-electron chi connectivity index (χ3n) is 4.54. The fraction of sp³-hybridized carbons (Fsp3) is 0.545. The van der Waals surface area contributed by atoms with Crippen molar-refractivity contribution >= 4 is 12.1 Å². The van der Waals surface area contributed by atoms with E-state index in [2.05, 4.69) is 13.8 Å². The number of amides is 1. The monoisotopic (exact) mass is 389 g/mol. The Bertz CT molecular complexity index is 683. The van der Waals surface area contributed by atoms with Crippen molar-refractivity contribution in [3.8, 4) is 0 Å². The molecule has 1 aliphatic heterocycles. The minimum absolute atomic E-state index is 0.198. The SMILES string of the molecule is CCOC(=O)/C=C/[C@@H]1OC(C)(C)N(C(=O)OCc2ccccc2)[C@H]1CC(C)C. The van der Waals surface area contributed by atoms with Crippen LogP contribution < -0.4 is 0 Å². The number of rotatable bonds is 7. The van der Waals surface area contributed by atoms with Gasteiger partial charge >= 0.3 is 12.1 Å². The van der Waals surface area contributed by atoms with Crippen molar-refractivity contribution in [1.29, 1.82) is 0 Å². The molecule has 6 nitrogen and oxygen atoms in total. The number of esters is 1. The first-order valence-electron chi connectivity index (χ1n) is 9.77. The predicted octanol–water partition coefficient (Wildman–Crippen LogP) is 4.29. The van der Waals surface area contributed by atoms with Gasteiger partial charge in [0.2, 0.25) is 0 Å². The first-order valence-corrected chi connectivity index (χ1v) is 9.77. The van der Waals surface area contributed by atoms with E-state index < -0.39 is 23.9 Å². The maximum absolute atomic E-state index is 12.9. The molecule has 0 unspecified atom stereocenters. The zero-order valence-electron chi connectivity index (χ0n) is 17.4. The Morgan fingerprint density at radius 1 is 1.21 bits per heavy atom. The van der Waals surface area contributed by atoms with Gasteiger partial charge in [-0.15, -0.1) is 0 Å². The van der Waals surface area contributed by atoms with Crippen LogP contribution in [0.15, 0.2) is 42.5 Å². The topological polar surface area (TPSA) is 65.1 Å². The molecule has 0 spiro atoms. The van der Waals surface area contributed by atoms with Gasteiger partial charge < -0.3 is 14.2 Å². The number of nitrogens with zero attached hydrogens (tertiary/aromatic N) is 1. The van der Waals surface area contributed by atoms with Crippen LogP contribution in [-0.2, 0) is 25.6 Å². The summed E-state index contributed by atoms with van der Waals surface area (Å²) in [6.07, 6.45) is 2.94. The summed E-state index contributed by atoms with van der Waals surface area (Å²) in [5, 5.41) is 0. The maximum Gasteiger partial charge on any atom is 0.412 e. The van der Waals surface area contributed by atoms with E-state index in [-0.39, 0.29) is 12.6 Å². The molecule has 0 N–H and O–H groups in total. The third kappa shape index (κ3) is 5.83. The van der Waals surface area contributed by atoms with Crippen LogP contribution >= 0.6 is 0 Å². The van der Waals surface area contributed by atoms with E-state index in [4.69, 9.17) is 14.2 Å². The van der Waals surface area contributed by atoms with E-state index in [1.54, 1.807) is 17.9 Å². The highest BCUT2D eigenvalue weighted by Crippen LogP contribution is 2.36. The van der Waals surface area contributed by atoms with Gasteiger partial charge in [-0.3, -0.25) is 4.90 Å². The van der Waals surface area contributed by atoms with E-state index in [9.17, 15) is 9.59 Å². The highest BCUT2D eigenvalue weighted by Gasteiger charge is 2.49. The molecule has 1 fully saturated rings. The van der Waals surface area contributed by atoms with Crippen molar-refractivity contribution in [3.63, 3.8) is 0 Å². The van der Waals surface area contributed by atoms with Crippen LogP contribution in [0.4, 0.5) is 4.79 Å². The fourth-order valence-corrected chi connectivity index (χ4v) is 3.41. The van der Waals surface area contributed by atoms with Crippen LogP contribution in [0, 0.1) is 5.92 Å². The van der Waals surface area contributed by atoms with Crippen molar-refractivity contribution in [3.05, 3.63) is 48.0 Å². The molecule has 154 valence electrons. The normalized spacial score (nSPS) is 21.3. The molecular formula is C22H31NO5. The minimum Gasteiger partial charge on any atom is -0.463 e. The highest BCUT2D eigenvalue weighted by atomic mass is 16.6. The van der Waals surface area contributed by atoms with Gasteiger partial charge in [0.1, 0.15) is 12.3 Å². The number of carbonyl (C=O) groups excluding carboxylic acids is 2. The molecule has 1 saturated heterocycles. The van der Waals surface area contributed by atoms with Crippen molar-refractivity contribution in [2.45, 2.75) is 65.5 Å². The standard InChI is InChI=1S/C22H31NO5/c1-6-26-20(24)13-12-19-18(14-16(2)3)23(22(4,5)28-19)21(25)27-15-17-10-8-7-9-11-17/h7-13,16,18-19H,6,14-15H2,1-5H3/b13-12+/t18-,19-/m0/s1. The summed E-state index contributed by atoms with van der Waals surface area (Å²) >= 11 is 0. The average Bonchev–Trinajstić information content (AvgIpc) is 2.88. The van der Waals surface area contributed by atoms with Crippen LogP contribution in [-0.4, -0.2) is 41.4 Å². The van der Waals surface area contributed by atoms with Gasteiger partial charge in [-0.05, 0) is 44.7 Å². The molecule has 0 radical (unpaired) electrons. The van der Waals surface area contributed by atoms with Gasteiger partial charge in [-0.2, -0.15) is 0 Å². The zero-order valence-corrected chi connectivity index (χ0v) is 17.4. The van der Waals surface area contributed by atoms with Crippen LogP contribution in [0.2, 0.25) is 0 Å². The van der Waals surface area contributed by atoms with Crippen molar-refractivity contribution in [2.75, 3.05) is 6.61 Å². The van der Waals surface area contributed by atoms with E-state index in [1.807, 2.05) is 44.2 Å². The molecule has 1 heterocycles. The number of hydrogen-bond donors (Lipinski definition) is 0. The highest BCUT2D eigenvalue weighted by molar-refractivity contribution is 5.82. The van der Waals surface area contributed by atoms with Gasteiger partial charge in [0.25, 0.3) is 0 Å². The van der Waals surface area contributed by atoms with Crippen molar-refractivity contribution in [2.24, 2.45) is 5.92 Å². The first kappa shape index (κ1) is 22.0. The van der Waals surface area contributed by atoms with Crippen LogP contribution in [0.5, 0.6) is 0 Å². The van der Waals surface area contributed by atoms with Crippen molar-refractivity contribution in [1.82, 2.24) is 4.90 Å². The minimum atomic E-state index is -0.850. The smallest absolute Gasteiger partial charge is 0.412 e. The number of ether oxygens (including phenoxy) is 3. The molecule has 0 bridgehead atoms. The molecule has 1 aliphatic rings. The molecule has 2 atom stereocenters. The average molecular weight is 389 g/mol. The second-order valence-corrected chi connectivity index (χ2v) is 7.75. The fourth-order valence-electron chi connectivity index (χ4n) is 3.41. The molecule has 28 heavy (non-hydrogen) atoms. The molecule has 0 aromatic heterocycles. The third-order valence-corrected chi connectivity index (χ3v) is 4.54. The molecule has 0 aliphatic carbocycles. The lowest BCUT2D eigenvalue weighted by Crippen LogP contribution is -2.48. The van der Waals surface area contributed by atoms with Crippen molar-refractivity contribution < 1.29 is 23.8 Å². The largest absolute Gasteiger partial charge is 0.463 e. The first-order chi connectivity index (χ1) is 13.2. The molecule has 1 aromatic carbocycles. The zero-order chi connectivity index (χ0) is 20.7. The summed E-state index contributed by atoms with van der Waals surface area (Å²) in [6.45, 7) is 10.1. The number of hydrogen-bond acceptors (Lipinski definition) is 5. The lowest BCUT2D eigenvalue weighted by molar-refractivity contribution is -0.137. The Hall–Kier alpha value is -2.34. The molecule has 0 saturated carbocycles. The summed E-state index contributed by atoms with van der Waals surface area (Å²) in [5.74, 6) is -0.0808. The van der Waals surface area contributed by atoms with Crippen LogP contribution in [0.1, 0.15) is 46.6 Å².